The largest absolute Gasteiger partial charge is 0.317 e. The average Bonchev–Trinajstić information content (AvgIpc) is 2.28. The van der Waals surface area contributed by atoms with Crippen LogP contribution in [0.1, 0.15) is 52.9 Å². The van der Waals surface area contributed by atoms with Gasteiger partial charge in [0, 0.05) is 12.1 Å². The van der Waals surface area contributed by atoms with E-state index in [1.807, 2.05) is 13.8 Å². The first-order chi connectivity index (χ1) is 8.49. The van der Waals surface area contributed by atoms with E-state index in [-0.39, 0.29) is 17.8 Å². The fourth-order valence-electron chi connectivity index (χ4n) is 2.73. The topological polar surface area (TPSA) is 49.4 Å². The predicted octanol–water partition coefficient (Wildman–Crippen LogP) is 1.97. The lowest BCUT2D eigenvalue weighted by Gasteiger charge is -2.37. The molecule has 0 aromatic heterocycles. The monoisotopic (exact) mass is 276 g/mol. The first kappa shape index (κ1) is 15.9. The molecule has 0 aromatic rings. The van der Waals surface area contributed by atoms with Gasteiger partial charge in [-0.3, -0.25) is 0 Å². The van der Waals surface area contributed by atoms with Crippen molar-refractivity contribution in [3.8, 4) is 0 Å². The Morgan fingerprint density at radius 3 is 2.33 bits per heavy atom. The van der Waals surface area contributed by atoms with Crippen molar-refractivity contribution in [2.45, 2.75) is 65.0 Å². The molecule has 1 rings (SSSR count). The van der Waals surface area contributed by atoms with Crippen molar-refractivity contribution in [3.63, 3.8) is 0 Å². The number of piperidine rings is 1. The molecule has 1 heterocycles. The zero-order valence-corrected chi connectivity index (χ0v) is 12.8. The molecule has 18 heavy (non-hydrogen) atoms. The van der Waals surface area contributed by atoms with E-state index in [4.69, 9.17) is 0 Å². The molecule has 0 saturated carbocycles. The molecule has 1 fully saturated rings. The molecule has 0 amide bonds. The van der Waals surface area contributed by atoms with E-state index < -0.39 is 10.0 Å². The van der Waals surface area contributed by atoms with Crippen LogP contribution in [0.15, 0.2) is 0 Å². The summed E-state index contributed by atoms with van der Waals surface area (Å²) >= 11 is 0. The second-order valence-corrected chi connectivity index (χ2v) is 7.37. The van der Waals surface area contributed by atoms with Gasteiger partial charge in [0.1, 0.15) is 0 Å². The third-order valence-corrected chi connectivity index (χ3v) is 5.78. The lowest BCUT2D eigenvalue weighted by molar-refractivity contribution is 0.204. The molecule has 2 unspecified atom stereocenters. The number of hydrogen-bond acceptors (Lipinski definition) is 3. The molecular weight excluding hydrogens is 248 g/mol. The Hall–Kier alpha value is -0.130. The molecule has 2 atom stereocenters. The minimum Gasteiger partial charge on any atom is -0.317 e. The van der Waals surface area contributed by atoms with E-state index in [1.54, 1.807) is 4.31 Å². The summed E-state index contributed by atoms with van der Waals surface area (Å²) in [6.07, 6.45) is 4.94. The lowest BCUT2D eigenvalue weighted by Crippen LogP contribution is -2.48. The highest BCUT2D eigenvalue weighted by Gasteiger charge is 2.33. The van der Waals surface area contributed by atoms with Gasteiger partial charge >= 0.3 is 0 Å². The van der Waals surface area contributed by atoms with Crippen LogP contribution < -0.4 is 5.32 Å². The van der Waals surface area contributed by atoms with Gasteiger partial charge in [0.05, 0.1) is 5.75 Å². The highest BCUT2D eigenvalue weighted by Crippen LogP contribution is 2.25. The molecule has 0 aliphatic carbocycles. The lowest BCUT2D eigenvalue weighted by atomic mass is 10.0. The molecule has 0 bridgehead atoms. The van der Waals surface area contributed by atoms with Gasteiger partial charge in [-0.15, -0.1) is 0 Å². The second-order valence-electron chi connectivity index (χ2n) is 5.38. The van der Waals surface area contributed by atoms with Gasteiger partial charge < -0.3 is 5.32 Å². The normalized spacial score (nSPS) is 26.4. The summed E-state index contributed by atoms with van der Waals surface area (Å²) in [4.78, 5) is 0. The number of hydrogen-bond donors (Lipinski definition) is 1. The summed E-state index contributed by atoms with van der Waals surface area (Å²) in [7, 11) is -3.08. The van der Waals surface area contributed by atoms with Crippen molar-refractivity contribution < 1.29 is 8.42 Å². The first-order valence-electron chi connectivity index (χ1n) is 7.21. The summed E-state index contributed by atoms with van der Waals surface area (Å²) in [6, 6.07) is 0.338. The fraction of sp³-hybridized carbons (Fsp3) is 1.00. The first-order valence-corrected chi connectivity index (χ1v) is 8.82. The van der Waals surface area contributed by atoms with E-state index >= 15 is 0 Å². The second kappa shape index (κ2) is 7.46. The van der Waals surface area contributed by atoms with Crippen LogP contribution in [-0.4, -0.2) is 43.6 Å². The maximum Gasteiger partial charge on any atom is 0.214 e. The number of nitrogens with zero attached hydrogens (tertiary/aromatic N) is 1. The molecule has 0 spiro atoms. The van der Waals surface area contributed by atoms with Crippen LogP contribution in [0.25, 0.3) is 0 Å². The maximum atomic E-state index is 12.3. The van der Waals surface area contributed by atoms with Crippen LogP contribution in [0.3, 0.4) is 0 Å². The maximum absolute atomic E-state index is 12.3. The van der Waals surface area contributed by atoms with Gasteiger partial charge in [-0.1, -0.05) is 13.3 Å². The molecule has 4 nitrogen and oxygen atoms in total. The standard InChI is InChI=1S/C13H28N2O2S/c1-4-9-14-10-6-11-18(16,17)15-12(2)7-5-8-13(15)3/h12-14H,4-11H2,1-3H3. The zero-order chi connectivity index (χ0) is 13.6. The molecule has 0 radical (unpaired) electrons. The summed E-state index contributed by atoms with van der Waals surface area (Å²) in [5, 5.41) is 3.25. The summed E-state index contributed by atoms with van der Waals surface area (Å²) < 4.78 is 26.4. The Morgan fingerprint density at radius 2 is 1.78 bits per heavy atom. The van der Waals surface area contributed by atoms with E-state index in [9.17, 15) is 8.42 Å². The van der Waals surface area contributed by atoms with Gasteiger partial charge in [0.25, 0.3) is 0 Å². The minimum absolute atomic E-state index is 0.169. The number of nitrogens with one attached hydrogen (secondary N) is 1. The van der Waals surface area contributed by atoms with Crippen molar-refractivity contribution in [2.75, 3.05) is 18.8 Å². The van der Waals surface area contributed by atoms with Crippen molar-refractivity contribution in [3.05, 3.63) is 0 Å². The molecule has 1 aliphatic rings. The van der Waals surface area contributed by atoms with E-state index in [0.29, 0.717) is 6.42 Å². The van der Waals surface area contributed by atoms with Gasteiger partial charge in [0.2, 0.25) is 10.0 Å². The third-order valence-electron chi connectivity index (χ3n) is 3.62. The van der Waals surface area contributed by atoms with Crippen LogP contribution in [0.5, 0.6) is 0 Å². The number of sulfonamides is 1. The highest BCUT2D eigenvalue weighted by atomic mass is 32.2. The van der Waals surface area contributed by atoms with Gasteiger partial charge in [-0.05, 0) is 52.6 Å². The Balaban J connectivity index is 2.46. The molecule has 0 aromatic carbocycles. The average molecular weight is 276 g/mol. The quantitative estimate of drug-likeness (QED) is 0.723. The Bertz CT molecular complexity index is 320. The predicted molar refractivity (Wildman–Crippen MR) is 76.2 cm³/mol. The van der Waals surface area contributed by atoms with Crippen LogP contribution in [0.4, 0.5) is 0 Å². The molecule has 1 N–H and O–H groups in total. The molecule has 1 aliphatic heterocycles. The Kier molecular flexibility index (Phi) is 6.60. The zero-order valence-electron chi connectivity index (χ0n) is 12.0. The van der Waals surface area contributed by atoms with Gasteiger partial charge in [0.15, 0.2) is 0 Å². The fourth-order valence-corrected chi connectivity index (χ4v) is 4.76. The van der Waals surface area contributed by atoms with Crippen LogP contribution in [-0.2, 0) is 10.0 Å². The van der Waals surface area contributed by atoms with Crippen molar-refractivity contribution >= 4 is 10.0 Å². The summed E-state index contributed by atoms with van der Waals surface area (Å²) in [5.41, 5.74) is 0. The van der Waals surface area contributed by atoms with Crippen molar-refractivity contribution in [1.82, 2.24) is 9.62 Å². The van der Waals surface area contributed by atoms with Crippen molar-refractivity contribution in [2.24, 2.45) is 0 Å². The summed E-state index contributed by atoms with van der Waals surface area (Å²) in [5.74, 6) is 0.276. The van der Waals surface area contributed by atoms with Crippen LogP contribution in [0.2, 0.25) is 0 Å². The van der Waals surface area contributed by atoms with Gasteiger partial charge in [-0.25, -0.2) is 8.42 Å². The minimum atomic E-state index is -3.08. The molecule has 108 valence electrons. The molecule has 5 heteroatoms. The highest BCUT2D eigenvalue weighted by molar-refractivity contribution is 7.89. The Labute approximate surface area is 112 Å². The van der Waals surface area contributed by atoms with Gasteiger partial charge in [-0.2, -0.15) is 4.31 Å². The Morgan fingerprint density at radius 1 is 1.17 bits per heavy atom. The SMILES string of the molecule is CCCNCCCS(=O)(=O)N1C(C)CCCC1C. The summed E-state index contributed by atoms with van der Waals surface area (Å²) in [6.45, 7) is 7.94. The third kappa shape index (κ3) is 4.52. The van der Waals surface area contributed by atoms with Crippen LogP contribution >= 0.6 is 0 Å². The smallest absolute Gasteiger partial charge is 0.214 e. The molecular formula is C13H28N2O2S. The van der Waals surface area contributed by atoms with Crippen molar-refractivity contribution in [1.29, 1.82) is 0 Å². The number of rotatable bonds is 7. The van der Waals surface area contributed by atoms with E-state index in [0.717, 1.165) is 38.8 Å². The van der Waals surface area contributed by atoms with E-state index in [1.165, 1.54) is 0 Å². The van der Waals surface area contributed by atoms with Crippen LogP contribution in [0, 0.1) is 0 Å². The van der Waals surface area contributed by atoms with E-state index in [2.05, 4.69) is 12.2 Å². The molecule has 1 saturated heterocycles.